The van der Waals surface area contributed by atoms with Crippen LogP contribution in [0.4, 0.5) is 11.5 Å². The van der Waals surface area contributed by atoms with Gasteiger partial charge in [0.1, 0.15) is 17.3 Å². The number of nitro groups is 1. The lowest BCUT2D eigenvalue weighted by atomic mass is 9.95. The lowest BCUT2D eigenvalue weighted by molar-refractivity contribution is -0.384. The van der Waals surface area contributed by atoms with Gasteiger partial charge in [-0.1, -0.05) is 18.2 Å². The predicted octanol–water partition coefficient (Wildman–Crippen LogP) is 4.40. The zero-order chi connectivity index (χ0) is 24.4. The number of Topliss-reactive ketones (excluding diaryl/α,β-unsaturated/α-hetero) is 1. The third-order valence-corrected chi connectivity index (χ3v) is 5.24. The second kappa shape index (κ2) is 9.14. The fraction of sp³-hybridized carbons (Fsp3) is 0.160. The Morgan fingerprint density at radius 3 is 2.44 bits per heavy atom. The molecule has 0 radical (unpaired) electrons. The number of aliphatic hydroxyl groups is 1. The Kier molecular flexibility index (Phi) is 6.09. The Bertz CT molecular complexity index is 1290. The molecule has 172 valence electrons. The van der Waals surface area contributed by atoms with Crippen LogP contribution in [0.2, 0.25) is 0 Å². The van der Waals surface area contributed by atoms with Crippen molar-refractivity contribution in [2.75, 3.05) is 4.90 Å². The van der Waals surface area contributed by atoms with Crippen molar-refractivity contribution >= 4 is 29.0 Å². The van der Waals surface area contributed by atoms with Gasteiger partial charge in [-0.05, 0) is 55.8 Å². The Balaban J connectivity index is 1.89. The summed E-state index contributed by atoms with van der Waals surface area (Å²) in [5, 5.41) is 22.5. The van der Waals surface area contributed by atoms with Crippen LogP contribution in [0.25, 0.3) is 5.76 Å². The second-order valence-electron chi connectivity index (χ2n) is 7.90. The third kappa shape index (κ3) is 4.23. The minimum Gasteiger partial charge on any atom is -0.507 e. The Labute approximate surface area is 195 Å². The molecule has 9 nitrogen and oxygen atoms in total. The fourth-order valence-corrected chi connectivity index (χ4v) is 3.81. The van der Waals surface area contributed by atoms with Crippen LogP contribution in [-0.2, 0) is 9.59 Å². The van der Waals surface area contributed by atoms with Crippen molar-refractivity contribution in [3.05, 3.63) is 99.7 Å². The van der Waals surface area contributed by atoms with Crippen LogP contribution in [0.15, 0.2) is 78.5 Å². The van der Waals surface area contributed by atoms with Gasteiger partial charge < -0.3 is 9.84 Å². The molecule has 1 saturated heterocycles. The Hall–Kier alpha value is -4.53. The first-order chi connectivity index (χ1) is 16.3. The van der Waals surface area contributed by atoms with Crippen molar-refractivity contribution in [2.45, 2.75) is 26.0 Å². The molecule has 1 aliphatic rings. The van der Waals surface area contributed by atoms with E-state index in [1.807, 2.05) is 13.8 Å². The molecule has 1 aromatic heterocycles. The first kappa shape index (κ1) is 22.7. The van der Waals surface area contributed by atoms with Gasteiger partial charge in [-0.2, -0.15) is 0 Å². The summed E-state index contributed by atoms with van der Waals surface area (Å²) in [7, 11) is 0. The van der Waals surface area contributed by atoms with E-state index in [0.717, 1.165) is 4.90 Å². The van der Waals surface area contributed by atoms with Crippen LogP contribution in [0.3, 0.4) is 0 Å². The Morgan fingerprint density at radius 1 is 1.09 bits per heavy atom. The molecule has 1 atom stereocenters. The standard InChI is InChI=1S/C25H21N3O6/c1-15(2)34-19-11-9-16(10-12-19)23(29)21-22(17-6-5-7-18(14-17)28(32)33)27(25(31)24(21)30)20-8-3-4-13-26-20/h3-15,22,29H,1-2H3/t22-/m1/s1. The summed E-state index contributed by atoms with van der Waals surface area (Å²) in [5.74, 6) is -1.44. The maximum absolute atomic E-state index is 13.1. The van der Waals surface area contributed by atoms with Gasteiger partial charge >= 0.3 is 5.91 Å². The highest BCUT2D eigenvalue weighted by atomic mass is 16.6. The summed E-state index contributed by atoms with van der Waals surface area (Å²) >= 11 is 0. The third-order valence-electron chi connectivity index (χ3n) is 5.24. The monoisotopic (exact) mass is 459 g/mol. The molecule has 1 amide bonds. The smallest absolute Gasteiger partial charge is 0.301 e. The molecule has 0 spiro atoms. The molecule has 1 aliphatic heterocycles. The molecule has 3 aromatic rings. The second-order valence-corrected chi connectivity index (χ2v) is 7.90. The summed E-state index contributed by atoms with van der Waals surface area (Å²) < 4.78 is 5.61. The highest BCUT2D eigenvalue weighted by molar-refractivity contribution is 6.51. The molecule has 0 aliphatic carbocycles. The zero-order valence-corrected chi connectivity index (χ0v) is 18.4. The van der Waals surface area contributed by atoms with Crippen molar-refractivity contribution < 1.29 is 24.4 Å². The molecule has 0 bridgehead atoms. The lowest BCUT2D eigenvalue weighted by Gasteiger charge is -2.24. The van der Waals surface area contributed by atoms with Gasteiger partial charge in [-0.3, -0.25) is 24.6 Å². The maximum Gasteiger partial charge on any atom is 0.301 e. The SMILES string of the molecule is CC(C)Oc1ccc(C(O)=C2C(=O)C(=O)N(c3ccccn3)[C@@H]2c2cccc([N+](=O)[O-])c2)cc1. The van der Waals surface area contributed by atoms with Gasteiger partial charge in [0.25, 0.3) is 11.5 Å². The largest absolute Gasteiger partial charge is 0.507 e. The molecule has 9 heteroatoms. The van der Waals surface area contributed by atoms with Gasteiger partial charge in [0.15, 0.2) is 0 Å². The number of ether oxygens (including phenoxy) is 1. The van der Waals surface area contributed by atoms with Crippen LogP contribution < -0.4 is 9.64 Å². The predicted molar refractivity (Wildman–Crippen MR) is 124 cm³/mol. The van der Waals surface area contributed by atoms with Crippen molar-refractivity contribution in [3.8, 4) is 5.75 Å². The average molecular weight is 459 g/mol. The molecule has 2 aromatic carbocycles. The number of aliphatic hydroxyl groups excluding tert-OH is 1. The number of amides is 1. The van der Waals surface area contributed by atoms with Crippen LogP contribution in [0.1, 0.15) is 31.0 Å². The number of carbonyl (C=O) groups excluding carboxylic acids is 2. The van der Waals surface area contributed by atoms with Gasteiger partial charge in [0, 0.05) is 23.9 Å². The summed E-state index contributed by atoms with van der Waals surface area (Å²) in [4.78, 5) is 42.3. The average Bonchev–Trinajstić information content (AvgIpc) is 3.10. The molecule has 0 unspecified atom stereocenters. The summed E-state index contributed by atoms with van der Waals surface area (Å²) in [6.45, 7) is 3.76. The summed E-state index contributed by atoms with van der Waals surface area (Å²) in [6.07, 6.45) is 1.42. The van der Waals surface area contributed by atoms with E-state index in [4.69, 9.17) is 4.74 Å². The number of aromatic nitrogens is 1. The molecule has 1 fully saturated rings. The number of anilines is 1. The fourth-order valence-electron chi connectivity index (χ4n) is 3.81. The van der Waals surface area contributed by atoms with Crippen molar-refractivity contribution in [1.29, 1.82) is 0 Å². The number of non-ortho nitro benzene ring substituents is 1. The van der Waals surface area contributed by atoms with E-state index in [1.54, 1.807) is 48.5 Å². The van der Waals surface area contributed by atoms with E-state index in [0.29, 0.717) is 16.9 Å². The van der Waals surface area contributed by atoms with Crippen molar-refractivity contribution in [3.63, 3.8) is 0 Å². The van der Waals surface area contributed by atoms with Crippen LogP contribution in [-0.4, -0.2) is 32.8 Å². The number of carbonyl (C=O) groups is 2. The number of nitrogens with zero attached hydrogens (tertiary/aromatic N) is 3. The first-order valence-electron chi connectivity index (χ1n) is 10.5. The number of nitro benzene ring substituents is 1. The normalized spacial score (nSPS) is 17.3. The van der Waals surface area contributed by atoms with Crippen LogP contribution in [0, 0.1) is 10.1 Å². The van der Waals surface area contributed by atoms with E-state index in [2.05, 4.69) is 4.98 Å². The summed E-state index contributed by atoms with van der Waals surface area (Å²) in [5.41, 5.74) is 0.193. The lowest BCUT2D eigenvalue weighted by Crippen LogP contribution is -2.30. The zero-order valence-electron chi connectivity index (χ0n) is 18.4. The van der Waals surface area contributed by atoms with Crippen LogP contribution in [0.5, 0.6) is 5.75 Å². The Morgan fingerprint density at radius 2 is 1.82 bits per heavy atom. The maximum atomic E-state index is 13.1. The molecule has 1 N–H and O–H groups in total. The van der Waals surface area contributed by atoms with E-state index < -0.39 is 28.4 Å². The van der Waals surface area contributed by atoms with Gasteiger partial charge in [0.05, 0.1) is 22.6 Å². The minimum atomic E-state index is -1.11. The van der Waals surface area contributed by atoms with Gasteiger partial charge in [0.2, 0.25) is 0 Å². The number of ketones is 1. The number of benzene rings is 2. The number of hydrogen-bond acceptors (Lipinski definition) is 7. The van der Waals surface area contributed by atoms with Gasteiger partial charge in [-0.25, -0.2) is 4.98 Å². The van der Waals surface area contributed by atoms with E-state index in [-0.39, 0.29) is 23.2 Å². The van der Waals surface area contributed by atoms with E-state index in [1.165, 1.54) is 24.4 Å². The summed E-state index contributed by atoms with van der Waals surface area (Å²) in [6, 6.07) is 15.8. The van der Waals surface area contributed by atoms with E-state index in [9.17, 15) is 24.8 Å². The van der Waals surface area contributed by atoms with Gasteiger partial charge in [-0.15, -0.1) is 0 Å². The minimum absolute atomic E-state index is 0.0444. The van der Waals surface area contributed by atoms with Crippen LogP contribution >= 0.6 is 0 Å². The number of hydrogen-bond donors (Lipinski definition) is 1. The quantitative estimate of drug-likeness (QED) is 0.190. The highest BCUT2D eigenvalue weighted by Gasteiger charge is 2.47. The first-order valence-corrected chi connectivity index (χ1v) is 10.5. The molecular formula is C25H21N3O6. The number of rotatable bonds is 6. The van der Waals surface area contributed by atoms with Crippen molar-refractivity contribution in [2.24, 2.45) is 0 Å². The number of pyridine rings is 1. The molecule has 0 saturated carbocycles. The molecule has 4 rings (SSSR count). The molecule has 2 heterocycles. The van der Waals surface area contributed by atoms with Crippen molar-refractivity contribution in [1.82, 2.24) is 4.98 Å². The molecule has 34 heavy (non-hydrogen) atoms. The highest BCUT2D eigenvalue weighted by Crippen LogP contribution is 2.42. The molecular weight excluding hydrogens is 438 g/mol. The van der Waals surface area contributed by atoms with E-state index >= 15 is 0 Å². The topological polar surface area (TPSA) is 123 Å².